The van der Waals surface area contributed by atoms with Crippen molar-refractivity contribution in [3.63, 3.8) is 0 Å². The van der Waals surface area contributed by atoms with Gasteiger partial charge in [0.25, 0.3) is 0 Å². The molecule has 2 heterocycles. The van der Waals surface area contributed by atoms with E-state index in [9.17, 15) is 9.90 Å². The van der Waals surface area contributed by atoms with E-state index in [1.165, 1.54) is 18.4 Å². The van der Waals surface area contributed by atoms with Crippen LogP contribution in [-0.2, 0) is 11.2 Å². The average Bonchev–Trinajstić information content (AvgIpc) is 3.07. The molecule has 25 heavy (non-hydrogen) atoms. The van der Waals surface area contributed by atoms with Crippen LogP contribution in [0.15, 0.2) is 46.5 Å². The number of rotatable bonds is 5. The Kier molecular flexibility index (Phi) is 5.30. The number of hydrogen-bond donors (Lipinski definition) is 2. The Hall–Kier alpha value is -2.45. The van der Waals surface area contributed by atoms with Crippen molar-refractivity contribution >= 4 is 38.3 Å². The highest BCUT2D eigenvalue weighted by molar-refractivity contribution is 9.10. The number of carbonyl (C=O) groups is 1. The number of benzene rings is 1. The molecule has 1 aromatic carbocycles. The lowest BCUT2D eigenvalue weighted by molar-refractivity contribution is -0.115. The third-order valence-electron chi connectivity index (χ3n) is 3.40. The topological polar surface area (TPSA) is 84.3 Å². The Labute approximate surface area is 156 Å². The summed E-state index contributed by atoms with van der Waals surface area (Å²) in [4.78, 5) is 20.6. The van der Waals surface area contributed by atoms with Gasteiger partial charge in [0.2, 0.25) is 5.91 Å². The largest absolute Gasteiger partial charge is 0.503 e. The first-order valence-corrected chi connectivity index (χ1v) is 8.95. The van der Waals surface area contributed by atoms with Crippen molar-refractivity contribution in [3.8, 4) is 22.8 Å². The molecule has 6 nitrogen and oxygen atoms in total. The van der Waals surface area contributed by atoms with Gasteiger partial charge in [-0.3, -0.25) is 9.78 Å². The molecule has 3 aromatic rings. The molecule has 0 saturated carbocycles. The molecule has 0 spiro atoms. The van der Waals surface area contributed by atoms with Crippen molar-refractivity contribution in [2.75, 3.05) is 12.4 Å². The van der Waals surface area contributed by atoms with Crippen molar-refractivity contribution in [1.29, 1.82) is 0 Å². The lowest BCUT2D eigenvalue weighted by Crippen LogP contribution is -2.14. The van der Waals surface area contributed by atoms with Gasteiger partial charge in [-0.25, -0.2) is 4.98 Å². The maximum Gasteiger partial charge on any atom is 0.230 e. The summed E-state index contributed by atoms with van der Waals surface area (Å²) in [6, 6.07) is 7.04. The van der Waals surface area contributed by atoms with E-state index in [4.69, 9.17) is 4.74 Å². The second-order valence-corrected chi connectivity index (χ2v) is 6.84. The predicted molar refractivity (Wildman–Crippen MR) is 100 cm³/mol. The van der Waals surface area contributed by atoms with Crippen LogP contribution in [0.1, 0.15) is 5.56 Å². The third kappa shape index (κ3) is 4.15. The number of aromatic hydroxyl groups is 1. The van der Waals surface area contributed by atoms with Crippen molar-refractivity contribution in [2.45, 2.75) is 6.42 Å². The maximum absolute atomic E-state index is 12.3. The molecule has 1 amide bonds. The molecule has 3 rings (SSSR count). The van der Waals surface area contributed by atoms with E-state index in [-0.39, 0.29) is 18.1 Å². The number of nitrogens with one attached hydrogen (secondary N) is 1. The Morgan fingerprint density at radius 2 is 2.12 bits per heavy atom. The fraction of sp³-hybridized carbons (Fsp3) is 0.118. The number of pyridine rings is 1. The van der Waals surface area contributed by atoms with Crippen molar-refractivity contribution in [2.24, 2.45) is 0 Å². The molecule has 0 radical (unpaired) electrons. The molecule has 2 aromatic heterocycles. The number of nitrogens with zero attached hydrogens (tertiary/aromatic N) is 2. The monoisotopic (exact) mass is 419 g/mol. The van der Waals surface area contributed by atoms with Crippen molar-refractivity contribution in [1.82, 2.24) is 9.97 Å². The molecular weight excluding hydrogens is 406 g/mol. The zero-order chi connectivity index (χ0) is 17.8. The summed E-state index contributed by atoms with van der Waals surface area (Å²) in [6.45, 7) is 0. The molecule has 128 valence electrons. The standard InChI is InChI=1S/C17H14BrN3O3S/c1-24-14-7-10(6-12(18)16(14)23)8-15(22)21-17-20-13(9-25-17)11-2-4-19-5-3-11/h2-7,9,23H,8H2,1H3,(H,20,21,22). The fourth-order valence-corrected chi connectivity index (χ4v) is 3.45. The van der Waals surface area contributed by atoms with E-state index < -0.39 is 0 Å². The minimum absolute atomic E-state index is 0.00794. The second kappa shape index (κ2) is 7.62. The van der Waals surface area contributed by atoms with Gasteiger partial charge in [-0.2, -0.15) is 0 Å². The van der Waals surface area contributed by atoms with Crippen LogP contribution in [0.5, 0.6) is 11.5 Å². The zero-order valence-corrected chi connectivity index (χ0v) is 15.6. The van der Waals surface area contributed by atoms with Crippen molar-refractivity contribution < 1.29 is 14.6 Å². The Morgan fingerprint density at radius 1 is 1.36 bits per heavy atom. The molecule has 2 N–H and O–H groups in total. The van der Waals surface area contributed by atoms with Gasteiger partial charge in [-0.15, -0.1) is 11.3 Å². The van der Waals surface area contributed by atoms with Gasteiger partial charge in [0.15, 0.2) is 16.6 Å². The number of thiazole rings is 1. The SMILES string of the molecule is COc1cc(CC(=O)Nc2nc(-c3ccncc3)cs2)cc(Br)c1O. The number of hydrogen-bond acceptors (Lipinski definition) is 6. The Balaban J connectivity index is 1.69. The summed E-state index contributed by atoms with van der Waals surface area (Å²) in [5.74, 6) is 0.121. The van der Waals surface area contributed by atoms with Crippen LogP contribution in [0.3, 0.4) is 0 Å². The van der Waals surface area contributed by atoms with E-state index >= 15 is 0 Å². The number of carbonyl (C=O) groups excluding carboxylic acids is 1. The number of ether oxygens (including phenoxy) is 1. The molecule has 0 bridgehead atoms. The van der Waals surface area contributed by atoms with E-state index in [0.717, 1.165) is 11.3 Å². The molecule has 0 aliphatic heterocycles. The predicted octanol–water partition coefficient (Wildman–Crippen LogP) is 3.86. The summed E-state index contributed by atoms with van der Waals surface area (Å²) >= 11 is 4.61. The lowest BCUT2D eigenvalue weighted by Gasteiger charge is -2.08. The second-order valence-electron chi connectivity index (χ2n) is 5.13. The quantitative estimate of drug-likeness (QED) is 0.655. The first kappa shape index (κ1) is 17.4. The van der Waals surface area contributed by atoms with E-state index in [1.807, 2.05) is 17.5 Å². The molecule has 0 atom stereocenters. The summed E-state index contributed by atoms with van der Waals surface area (Å²) in [5, 5.41) is 15.0. The minimum Gasteiger partial charge on any atom is -0.503 e. The van der Waals surface area contributed by atoms with Crippen LogP contribution < -0.4 is 10.1 Å². The maximum atomic E-state index is 12.3. The summed E-state index contributed by atoms with van der Waals surface area (Å²) in [6.07, 6.45) is 3.53. The number of phenols is 1. The highest BCUT2D eigenvalue weighted by Crippen LogP contribution is 2.35. The Morgan fingerprint density at radius 3 is 2.84 bits per heavy atom. The van der Waals surface area contributed by atoms with E-state index in [0.29, 0.717) is 20.9 Å². The highest BCUT2D eigenvalue weighted by atomic mass is 79.9. The van der Waals surface area contributed by atoms with Gasteiger partial charge in [-0.1, -0.05) is 0 Å². The summed E-state index contributed by atoms with van der Waals surface area (Å²) in [5.41, 5.74) is 2.45. The first-order valence-electron chi connectivity index (χ1n) is 7.28. The number of halogens is 1. The fourth-order valence-electron chi connectivity index (χ4n) is 2.22. The smallest absolute Gasteiger partial charge is 0.230 e. The van der Waals surface area contributed by atoms with Crippen LogP contribution in [0, 0.1) is 0 Å². The van der Waals surface area contributed by atoms with Crippen LogP contribution in [-0.4, -0.2) is 28.1 Å². The lowest BCUT2D eigenvalue weighted by atomic mass is 10.1. The van der Waals surface area contributed by atoms with Crippen LogP contribution in [0.4, 0.5) is 5.13 Å². The average molecular weight is 420 g/mol. The third-order valence-corrected chi connectivity index (χ3v) is 4.76. The Bertz CT molecular complexity index is 899. The van der Waals surface area contributed by atoms with Gasteiger partial charge in [0, 0.05) is 23.3 Å². The number of methoxy groups -OCH3 is 1. The van der Waals surface area contributed by atoms with Gasteiger partial charge in [-0.05, 0) is 45.8 Å². The van der Waals surface area contributed by atoms with Gasteiger partial charge in [0.05, 0.1) is 23.7 Å². The molecule has 0 saturated heterocycles. The van der Waals surface area contributed by atoms with Gasteiger partial charge >= 0.3 is 0 Å². The number of aromatic nitrogens is 2. The highest BCUT2D eigenvalue weighted by Gasteiger charge is 2.13. The van der Waals surface area contributed by atoms with E-state index in [1.54, 1.807) is 24.5 Å². The minimum atomic E-state index is -0.199. The molecular formula is C17H14BrN3O3S. The molecule has 0 aliphatic carbocycles. The molecule has 8 heteroatoms. The molecule has 0 fully saturated rings. The molecule has 0 aliphatic rings. The molecule has 0 unspecified atom stereocenters. The number of amides is 1. The zero-order valence-electron chi connectivity index (χ0n) is 13.2. The normalized spacial score (nSPS) is 10.5. The van der Waals surface area contributed by atoms with Crippen molar-refractivity contribution in [3.05, 3.63) is 52.1 Å². The van der Waals surface area contributed by atoms with Crippen LogP contribution in [0.25, 0.3) is 11.3 Å². The van der Waals surface area contributed by atoms with E-state index in [2.05, 4.69) is 31.2 Å². The van der Waals surface area contributed by atoms with Gasteiger partial charge < -0.3 is 15.2 Å². The first-order chi connectivity index (χ1) is 12.1. The summed E-state index contributed by atoms with van der Waals surface area (Å²) < 4.78 is 5.57. The number of phenolic OH excluding ortho intramolecular Hbond substituents is 1. The van der Waals surface area contributed by atoms with Crippen LogP contribution in [0.2, 0.25) is 0 Å². The number of anilines is 1. The van der Waals surface area contributed by atoms with Crippen LogP contribution >= 0.6 is 27.3 Å². The van der Waals surface area contributed by atoms with Gasteiger partial charge in [0.1, 0.15) is 0 Å². The summed E-state index contributed by atoms with van der Waals surface area (Å²) in [7, 11) is 1.46.